The van der Waals surface area contributed by atoms with Crippen molar-refractivity contribution in [3.05, 3.63) is 84.2 Å². The Morgan fingerprint density at radius 3 is 2.42 bits per heavy atom. The summed E-state index contributed by atoms with van der Waals surface area (Å²) in [5.41, 5.74) is 6.56. The van der Waals surface area contributed by atoms with Gasteiger partial charge in [0.15, 0.2) is 0 Å². The summed E-state index contributed by atoms with van der Waals surface area (Å²) in [7, 11) is 1.68. The molecule has 2 N–H and O–H groups in total. The summed E-state index contributed by atoms with van der Waals surface area (Å²) in [6.45, 7) is 1.56. The lowest BCUT2D eigenvalue weighted by molar-refractivity contribution is -0.132. The van der Waals surface area contributed by atoms with E-state index in [1.54, 1.807) is 7.11 Å². The number of fused-ring (bicyclic) bond motifs is 2. The molecule has 6 rings (SSSR count). The zero-order valence-corrected chi connectivity index (χ0v) is 20.5. The number of amides is 1. The van der Waals surface area contributed by atoms with E-state index in [1.807, 2.05) is 41.3 Å². The van der Waals surface area contributed by atoms with Crippen molar-refractivity contribution >= 4 is 27.8 Å². The first kappa shape index (κ1) is 22.4. The number of likely N-dealkylation sites (tertiary alicyclic amines) is 1. The van der Waals surface area contributed by atoms with E-state index in [9.17, 15) is 4.79 Å². The molecule has 6 nitrogen and oxygen atoms in total. The number of nitrogens with zero attached hydrogens (tertiary/aromatic N) is 2. The summed E-state index contributed by atoms with van der Waals surface area (Å²) in [5.74, 6) is 2.48. The normalized spacial score (nSPS) is 14.5. The quantitative estimate of drug-likeness (QED) is 0.312. The summed E-state index contributed by atoms with van der Waals surface area (Å²) >= 11 is 0. The van der Waals surface area contributed by atoms with Gasteiger partial charge < -0.3 is 19.6 Å². The van der Waals surface area contributed by atoms with Gasteiger partial charge in [-0.15, -0.1) is 0 Å². The number of para-hydroxylation sites is 3. The highest BCUT2D eigenvalue weighted by Crippen LogP contribution is 2.33. The number of ether oxygens (including phenoxy) is 1. The number of imidazole rings is 1. The lowest BCUT2D eigenvalue weighted by Gasteiger charge is -2.31. The maximum atomic E-state index is 13.2. The molecule has 36 heavy (non-hydrogen) atoms. The van der Waals surface area contributed by atoms with E-state index in [0.29, 0.717) is 18.8 Å². The first-order chi connectivity index (χ1) is 17.7. The fourth-order valence-electron chi connectivity index (χ4n) is 5.42. The number of aromatic amines is 2. The average molecular weight is 479 g/mol. The molecule has 0 radical (unpaired) electrons. The highest BCUT2D eigenvalue weighted by molar-refractivity contribution is 5.91. The van der Waals surface area contributed by atoms with Crippen molar-refractivity contribution in [1.82, 2.24) is 19.9 Å². The molecule has 0 spiro atoms. The van der Waals surface area contributed by atoms with Crippen LogP contribution in [0.2, 0.25) is 0 Å². The Kier molecular flexibility index (Phi) is 5.93. The van der Waals surface area contributed by atoms with E-state index in [1.165, 1.54) is 10.9 Å². The minimum atomic E-state index is 0.226. The van der Waals surface area contributed by atoms with Crippen molar-refractivity contribution in [3.63, 3.8) is 0 Å². The molecule has 3 aromatic carbocycles. The Morgan fingerprint density at radius 1 is 0.944 bits per heavy atom. The van der Waals surface area contributed by atoms with Crippen molar-refractivity contribution in [2.45, 2.75) is 31.6 Å². The topological polar surface area (TPSA) is 74.0 Å². The molecular formula is C30H30N4O2. The van der Waals surface area contributed by atoms with Crippen LogP contribution in [0.5, 0.6) is 5.75 Å². The molecule has 1 aliphatic heterocycles. The minimum absolute atomic E-state index is 0.226. The van der Waals surface area contributed by atoms with Gasteiger partial charge >= 0.3 is 0 Å². The Morgan fingerprint density at radius 2 is 1.67 bits per heavy atom. The molecule has 0 aliphatic carbocycles. The highest BCUT2D eigenvalue weighted by atomic mass is 16.5. The number of nitrogens with one attached hydrogen (secondary N) is 2. The van der Waals surface area contributed by atoms with Crippen molar-refractivity contribution < 1.29 is 9.53 Å². The second kappa shape index (κ2) is 9.53. The summed E-state index contributed by atoms with van der Waals surface area (Å²) in [4.78, 5) is 27.1. The van der Waals surface area contributed by atoms with Crippen LogP contribution in [-0.2, 0) is 11.2 Å². The van der Waals surface area contributed by atoms with Gasteiger partial charge in [0, 0.05) is 42.0 Å². The molecule has 1 saturated heterocycles. The minimum Gasteiger partial charge on any atom is -0.497 e. The molecule has 6 heteroatoms. The van der Waals surface area contributed by atoms with Crippen molar-refractivity contribution in [2.75, 3.05) is 20.2 Å². The van der Waals surface area contributed by atoms with E-state index in [4.69, 9.17) is 9.72 Å². The first-order valence-electron chi connectivity index (χ1n) is 12.7. The van der Waals surface area contributed by atoms with Crippen LogP contribution in [0.3, 0.4) is 0 Å². The van der Waals surface area contributed by atoms with Crippen molar-refractivity contribution in [3.8, 4) is 17.0 Å². The van der Waals surface area contributed by atoms with Gasteiger partial charge in [-0.05, 0) is 72.9 Å². The molecular weight excluding hydrogens is 448 g/mol. The van der Waals surface area contributed by atoms with Crippen LogP contribution in [0.25, 0.3) is 33.2 Å². The van der Waals surface area contributed by atoms with Crippen LogP contribution >= 0.6 is 0 Å². The molecule has 5 aromatic rings. The van der Waals surface area contributed by atoms with Gasteiger partial charge in [0.25, 0.3) is 0 Å². The van der Waals surface area contributed by atoms with Crippen LogP contribution < -0.4 is 4.74 Å². The molecule has 0 unspecified atom stereocenters. The number of piperidine rings is 1. The number of aromatic nitrogens is 3. The second-order valence-corrected chi connectivity index (χ2v) is 9.55. The third-order valence-electron chi connectivity index (χ3n) is 7.42. The lowest BCUT2D eigenvalue weighted by atomic mass is 9.95. The SMILES string of the molecule is COc1ccc(-c2[nH]c3ccccc3c2CCC(=O)N2CCC(c3nc4ccccc4[nH]3)CC2)cc1. The molecule has 182 valence electrons. The fraction of sp³-hybridized carbons (Fsp3) is 0.267. The Hall–Kier alpha value is -4.06. The van der Waals surface area contributed by atoms with Crippen LogP contribution in [-0.4, -0.2) is 46.0 Å². The molecule has 0 bridgehead atoms. The number of H-pyrrole nitrogens is 2. The van der Waals surface area contributed by atoms with E-state index >= 15 is 0 Å². The number of carbonyl (C=O) groups is 1. The zero-order chi connectivity index (χ0) is 24.5. The predicted molar refractivity (Wildman–Crippen MR) is 143 cm³/mol. The summed E-state index contributed by atoms with van der Waals surface area (Å²) in [6.07, 6.45) is 3.08. The smallest absolute Gasteiger partial charge is 0.222 e. The fourth-order valence-corrected chi connectivity index (χ4v) is 5.42. The standard InChI is InChI=1S/C30H30N4O2/c1-36-22-12-10-20(11-13-22)29-24(23-6-2-3-7-25(23)31-29)14-15-28(35)34-18-16-21(17-19-34)30-32-26-8-4-5-9-27(26)33-30/h2-13,21,31H,14-19H2,1H3,(H,32,33). The maximum absolute atomic E-state index is 13.2. The van der Waals surface area contributed by atoms with E-state index in [2.05, 4.69) is 46.4 Å². The number of aryl methyl sites for hydroxylation is 1. The summed E-state index contributed by atoms with van der Waals surface area (Å²) < 4.78 is 5.33. The van der Waals surface area contributed by atoms with Gasteiger partial charge in [0.1, 0.15) is 11.6 Å². The van der Waals surface area contributed by atoms with Gasteiger partial charge in [-0.1, -0.05) is 30.3 Å². The van der Waals surface area contributed by atoms with Crippen LogP contribution in [0.15, 0.2) is 72.8 Å². The second-order valence-electron chi connectivity index (χ2n) is 9.55. The molecule has 1 amide bonds. The molecule has 0 atom stereocenters. The van der Waals surface area contributed by atoms with E-state index in [0.717, 1.165) is 65.3 Å². The molecule has 1 fully saturated rings. The Labute approximate surface area is 210 Å². The van der Waals surface area contributed by atoms with E-state index in [-0.39, 0.29) is 5.91 Å². The third kappa shape index (κ3) is 4.24. The monoisotopic (exact) mass is 478 g/mol. The van der Waals surface area contributed by atoms with E-state index < -0.39 is 0 Å². The van der Waals surface area contributed by atoms with Crippen LogP contribution in [0.4, 0.5) is 0 Å². The van der Waals surface area contributed by atoms with Crippen molar-refractivity contribution in [1.29, 1.82) is 0 Å². The van der Waals surface area contributed by atoms with Crippen LogP contribution in [0, 0.1) is 0 Å². The molecule has 3 heterocycles. The maximum Gasteiger partial charge on any atom is 0.222 e. The first-order valence-corrected chi connectivity index (χ1v) is 12.7. The van der Waals surface area contributed by atoms with Crippen molar-refractivity contribution in [2.24, 2.45) is 0 Å². The average Bonchev–Trinajstić information content (AvgIpc) is 3.54. The van der Waals surface area contributed by atoms with Crippen LogP contribution in [0.1, 0.15) is 36.6 Å². The van der Waals surface area contributed by atoms with Gasteiger partial charge in [-0.25, -0.2) is 4.98 Å². The number of carbonyl (C=O) groups excluding carboxylic acids is 1. The molecule has 2 aromatic heterocycles. The number of hydrogen-bond acceptors (Lipinski definition) is 3. The largest absolute Gasteiger partial charge is 0.497 e. The number of benzene rings is 3. The van der Waals surface area contributed by atoms with Gasteiger partial charge in [-0.3, -0.25) is 4.79 Å². The van der Waals surface area contributed by atoms with Gasteiger partial charge in [0.2, 0.25) is 5.91 Å². The summed E-state index contributed by atoms with van der Waals surface area (Å²) in [6, 6.07) is 24.6. The number of methoxy groups -OCH3 is 1. The Balaban J connectivity index is 1.15. The predicted octanol–water partition coefficient (Wildman–Crippen LogP) is 6.06. The lowest BCUT2D eigenvalue weighted by Crippen LogP contribution is -2.38. The molecule has 1 aliphatic rings. The molecule has 0 saturated carbocycles. The highest BCUT2D eigenvalue weighted by Gasteiger charge is 2.26. The summed E-state index contributed by atoms with van der Waals surface area (Å²) in [5, 5.41) is 1.18. The third-order valence-corrected chi connectivity index (χ3v) is 7.42. The Bertz CT molecular complexity index is 1470. The number of hydrogen-bond donors (Lipinski definition) is 2. The zero-order valence-electron chi connectivity index (χ0n) is 20.5. The van der Waals surface area contributed by atoms with Gasteiger partial charge in [0.05, 0.1) is 18.1 Å². The number of rotatable bonds is 6. The van der Waals surface area contributed by atoms with Gasteiger partial charge in [-0.2, -0.15) is 0 Å².